The number of guanidine groups is 1. The summed E-state index contributed by atoms with van der Waals surface area (Å²) in [4.78, 5) is 13.0. The number of pyridine rings is 1. The number of benzene rings is 1. The van der Waals surface area contributed by atoms with E-state index < -0.39 is 0 Å². The van der Waals surface area contributed by atoms with Crippen LogP contribution in [0.25, 0.3) is 5.82 Å². The third-order valence-corrected chi connectivity index (χ3v) is 3.36. The SMILES string of the molecule is Cc1nccn1-c1ccc(CN=C(N)Nc2ccccc2)cn1. The van der Waals surface area contributed by atoms with Crippen LogP contribution in [0.2, 0.25) is 0 Å². The maximum Gasteiger partial charge on any atom is 0.193 e. The molecule has 3 N–H and O–H groups in total. The second-order valence-electron chi connectivity index (χ2n) is 5.06. The van der Waals surface area contributed by atoms with Crippen LogP contribution in [0.4, 0.5) is 5.69 Å². The minimum absolute atomic E-state index is 0.380. The van der Waals surface area contributed by atoms with Gasteiger partial charge in [0.05, 0.1) is 6.54 Å². The Labute approximate surface area is 134 Å². The number of aryl methyl sites for hydroxylation is 1. The summed E-state index contributed by atoms with van der Waals surface area (Å²) in [5.41, 5.74) is 7.79. The van der Waals surface area contributed by atoms with E-state index in [-0.39, 0.29) is 0 Å². The highest BCUT2D eigenvalue weighted by Crippen LogP contribution is 2.09. The number of hydrogen-bond donors (Lipinski definition) is 2. The molecule has 3 aromatic rings. The number of aliphatic imine (C=N–C) groups is 1. The molecule has 0 aliphatic rings. The van der Waals surface area contributed by atoms with Gasteiger partial charge < -0.3 is 11.1 Å². The molecule has 1 aromatic carbocycles. The molecule has 3 rings (SSSR count). The first kappa shape index (κ1) is 14.8. The summed E-state index contributed by atoms with van der Waals surface area (Å²) >= 11 is 0. The third kappa shape index (κ3) is 3.74. The largest absolute Gasteiger partial charge is 0.370 e. The molecule has 0 spiro atoms. The van der Waals surface area contributed by atoms with E-state index in [0.717, 1.165) is 22.9 Å². The standard InChI is InChI=1S/C17H18N6/c1-13-19-9-10-23(13)16-8-7-14(11-20-16)12-21-17(18)22-15-5-3-2-4-6-15/h2-11H,12H2,1H3,(H3,18,21,22). The summed E-state index contributed by atoms with van der Waals surface area (Å²) in [6.07, 6.45) is 5.44. The second-order valence-corrected chi connectivity index (χ2v) is 5.06. The number of imidazole rings is 1. The van der Waals surface area contributed by atoms with Gasteiger partial charge in [0.25, 0.3) is 0 Å². The van der Waals surface area contributed by atoms with Crippen molar-refractivity contribution in [3.8, 4) is 5.82 Å². The van der Waals surface area contributed by atoms with Crippen LogP contribution in [0.5, 0.6) is 0 Å². The Morgan fingerprint density at radius 2 is 2.00 bits per heavy atom. The van der Waals surface area contributed by atoms with E-state index in [1.165, 1.54) is 0 Å². The maximum absolute atomic E-state index is 5.89. The van der Waals surface area contributed by atoms with Crippen molar-refractivity contribution < 1.29 is 0 Å². The Hall–Kier alpha value is -3.15. The normalized spacial score (nSPS) is 11.4. The van der Waals surface area contributed by atoms with Crippen molar-refractivity contribution >= 4 is 11.6 Å². The van der Waals surface area contributed by atoms with Crippen LogP contribution in [-0.2, 0) is 6.54 Å². The van der Waals surface area contributed by atoms with Crippen LogP contribution in [0.1, 0.15) is 11.4 Å². The number of nitrogens with two attached hydrogens (primary N) is 1. The number of rotatable bonds is 4. The van der Waals surface area contributed by atoms with Gasteiger partial charge in [0.15, 0.2) is 5.96 Å². The van der Waals surface area contributed by atoms with Crippen LogP contribution < -0.4 is 11.1 Å². The molecular formula is C17H18N6. The molecule has 6 heteroatoms. The molecule has 0 aliphatic carbocycles. The highest BCUT2D eigenvalue weighted by atomic mass is 15.1. The molecule has 0 aliphatic heterocycles. The van der Waals surface area contributed by atoms with Gasteiger partial charge in [-0.2, -0.15) is 0 Å². The molecule has 0 saturated heterocycles. The Kier molecular flexibility index (Phi) is 4.33. The molecule has 0 fully saturated rings. The van der Waals surface area contributed by atoms with Gasteiger partial charge in [0.1, 0.15) is 11.6 Å². The zero-order valence-corrected chi connectivity index (χ0v) is 12.8. The predicted molar refractivity (Wildman–Crippen MR) is 91.5 cm³/mol. The van der Waals surface area contributed by atoms with Crippen molar-refractivity contribution in [2.45, 2.75) is 13.5 Å². The van der Waals surface area contributed by atoms with E-state index in [0.29, 0.717) is 12.5 Å². The zero-order chi connectivity index (χ0) is 16.1. The lowest BCUT2D eigenvalue weighted by Gasteiger charge is -2.06. The molecule has 2 heterocycles. The van der Waals surface area contributed by atoms with Crippen molar-refractivity contribution in [3.63, 3.8) is 0 Å². The van der Waals surface area contributed by atoms with Gasteiger partial charge in [-0.25, -0.2) is 15.0 Å². The molecule has 0 saturated carbocycles. The van der Waals surface area contributed by atoms with Crippen LogP contribution in [0.3, 0.4) is 0 Å². The fraction of sp³-hybridized carbons (Fsp3) is 0.118. The topological polar surface area (TPSA) is 81.1 Å². The van der Waals surface area contributed by atoms with Crippen molar-refractivity contribution in [2.24, 2.45) is 10.7 Å². The quantitative estimate of drug-likeness (QED) is 0.573. The lowest BCUT2D eigenvalue weighted by atomic mass is 10.3. The third-order valence-electron chi connectivity index (χ3n) is 3.36. The Balaban J connectivity index is 1.64. The Morgan fingerprint density at radius 3 is 2.65 bits per heavy atom. The average molecular weight is 306 g/mol. The average Bonchev–Trinajstić information content (AvgIpc) is 3.00. The van der Waals surface area contributed by atoms with Gasteiger partial charge >= 0.3 is 0 Å². The van der Waals surface area contributed by atoms with E-state index >= 15 is 0 Å². The van der Waals surface area contributed by atoms with E-state index in [2.05, 4.69) is 20.3 Å². The van der Waals surface area contributed by atoms with E-state index in [9.17, 15) is 0 Å². The molecular weight excluding hydrogens is 288 g/mol. The van der Waals surface area contributed by atoms with Crippen molar-refractivity contribution in [1.82, 2.24) is 14.5 Å². The Morgan fingerprint density at radius 1 is 1.17 bits per heavy atom. The van der Waals surface area contributed by atoms with Gasteiger partial charge in [0, 0.05) is 24.3 Å². The lowest BCUT2D eigenvalue weighted by Crippen LogP contribution is -2.22. The van der Waals surface area contributed by atoms with E-state index in [1.54, 1.807) is 12.4 Å². The van der Waals surface area contributed by atoms with Crippen LogP contribution in [-0.4, -0.2) is 20.5 Å². The molecule has 0 atom stereocenters. The molecule has 23 heavy (non-hydrogen) atoms. The number of hydrogen-bond acceptors (Lipinski definition) is 3. The molecule has 6 nitrogen and oxygen atoms in total. The highest BCUT2D eigenvalue weighted by molar-refractivity contribution is 5.92. The molecule has 116 valence electrons. The first-order chi connectivity index (χ1) is 11.2. The van der Waals surface area contributed by atoms with Crippen molar-refractivity contribution in [1.29, 1.82) is 0 Å². The van der Waals surface area contributed by atoms with Crippen molar-refractivity contribution in [2.75, 3.05) is 5.32 Å². The van der Waals surface area contributed by atoms with Gasteiger partial charge in [0.2, 0.25) is 0 Å². The zero-order valence-electron chi connectivity index (χ0n) is 12.8. The summed E-state index contributed by atoms with van der Waals surface area (Å²) < 4.78 is 1.93. The minimum Gasteiger partial charge on any atom is -0.370 e. The summed E-state index contributed by atoms with van der Waals surface area (Å²) in [5.74, 6) is 2.12. The molecule has 0 radical (unpaired) electrons. The van der Waals surface area contributed by atoms with Crippen LogP contribution >= 0.6 is 0 Å². The van der Waals surface area contributed by atoms with Crippen molar-refractivity contribution in [3.05, 3.63) is 72.4 Å². The fourth-order valence-corrected chi connectivity index (χ4v) is 2.16. The summed E-state index contributed by atoms with van der Waals surface area (Å²) in [6.45, 7) is 2.41. The van der Waals surface area contributed by atoms with E-state index in [4.69, 9.17) is 5.73 Å². The van der Waals surface area contributed by atoms with Crippen LogP contribution in [0, 0.1) is 6.92 Å². The first-order valence-corrected chi connectivity index (χ1v) is 7.29. The smallest absolute Gasteiger partial charge is 0.193 e. The number of aromatic nitrogens is 3. The number of nitrogens with one attached hydrogen (secondary N) is 1. The summed E-state index contributed by atoms with van der Waals surface area (Å²) in [7, 11) is 0. The maximum atomic E-state index is 5.89. The second kappa shape index (κ2) is 6.74. The highest BCUT2D eigenvalue weighted by Gasteiger charge is 2.02. The first-order valence-electron chi connectivity index (χ1n) is 7.29. The number of nitrogens with zero attached hydrogens (tertiary/aromatic N) is 4. The monoisotopic (exact) mass is 306 g/mol. The van der Waals surface area contributed by atoms with E-state index in [1.807, 2.05) is 60.2 Å². The summed E-state index contributed by atoms with van der Waals surface area (Å²) in [5, 5.41) is 3.05. The van der Waals surface area contributed by atoms with Gasteiger partial charge in [-0.15, -0.1) is 0 Å². The number of anilines is 1. The Bertz CT molecular complexity index is 789. The summed E-state index contributed by atoms with van der Waals surface area (Å²) in [6, 6.07) is 13.6. The minimum atomic E-state index is 0.380. The lowest BCUT2D eigenvalue weighted by molar-refractivity contribution is 0.922. The van der Waals surface area contributed by atoms with Crippen LogP contribution in [0.15, 0.2) is 66.0 Å². The number of para-hydroxylation sites is 1. The molecule has 0 bridgehead atoms. The van der Waals surface area contributed by atoms with Gasteiger partial charge in [-0.1, -0.05) is 24.3 Å². The molecule has 0 unspecified atom stereocenters. The fourth-order valence-electron chi connectivity index (χ4n) is 2.16. The molecule has 2 aromatic heterocycles. The predicted octanol–water partition coefficient (Wildman–Crippen LogP) is 2.50. The van der Waals surface area contributed by atoms with Gasteiger partial charge in [-0.3, -0.25) is 4.57 Å². The molecule has 0 amide bonds. The van der Waals surface area contributed by atoms with Gasteiger partial charge in [-0.05, 0) is 30.7 Å².